The van der Waals surface area contributed by atoms with Gasteiger partial charge in [-0.15, -0.1) is 0 Å². The van der Waals surface area contributed by atoms with Crippen molar-refractivity contribution in [1.82, 2.24) is 9.62 Å². The molecule has 9 heteroatoms. The fourth-order valence-electron chi connectivity index (χ4n) is 4.18. The topological polar surface area (TPSA) is 79.0 Å². The van der Waals surface area contributed by atoms with Gasteiger partial charge >= 0.3 is 0 Å². The smallest absolute Gasteiger partial charge is 0.241 e. The SMILES string of the molecule is COc1ccccc1N1CCN(C(=O)C(Cc2ccccc2)NS(=O)(=O)c2ccc(F)cc2)CC1. The van der Waals surface area contributed by atoms with Gasteiger partial charge in [-0.2, -0.15) is 4.72 Å². The first kappa shape index (κ1) is 24.7. The summed E-state index contributed by atoms with van der Waals surface area (Å²) in [7, 11) is -2.41. The number of rotatable bonds is 8. The zero-order valence-electron chi connectivity index (χ0n) is 19.4. The van der Waals surface area contributed by atoms with E-state index in [-0.39, 0.29) is 17.2 Å². The molecule has 0 radical (unpaired) electrons. The maximum atomic E-state index is 13.5. The van der Waals surface area contributed by atoms with E-state index >= 15 is 0 Å². The predicted octanol–water partition coefficient (Wildman–Crippen LogP) is 3.07. The molecule has 1 N–H and O–H groups in total. The van der Waals surface area contributed by atoms with Crippen molar-refractivity contribution in [2.75, 3.05) is 38.2 Å². The Labute approximate surface area is 205 Å². The minimum Gasteiger partial charge on any atom is -0.495 e. The molecule has 1 unspecified atom stereocenters. The Morgan fingerprint density at radius 1 is 0.943 bits per heavy atom. The lowest BCUT2D eigenvalue weighted by Gasteiger charge is -2.38. The van der Waals surface area contributed by atoms with Crippen LogP contribution in [0.5, 0.6) is 5.75 Å². The highest BCUT2D eigenvalue weighted by Crippen LogP contribution is 2.28. The predicted molar refractivity (Wildman–Crippen MR) is 132 cm³/mol. The Hall–Kier alpha value is -3.43. The molecule has 4 rings (SSSR count). The average molecular weight is 498 g/mol. The molecule has 1 amide bonds. The molecular weight excluding hydrogens is 469 g/mol. The lowest BCUT2D eigenvalue weighted by atomic mass is 10.1. The van der Waals surface area contributed by atoms with Crippen LogP contribution in [-0.4, -0.2) is 58.6 Å². The van der Waals surface area contributed by atoms with E-state index in [2.05, 4.69) is 9.62 Å². The number of amides is 1. The molecule has 1 aliphatic heterocycles. The third-order valence-corrected chi connectivity index (χ3v) is 7.51. The Morgan fingerprint density at radius 3 is 2.23 bits per heavy atom. The Kier molecular flexibility index (Phi) is 7.67. The van der Waals surface area contributed by atoms with Gasteiger partial charge in [0.1, 0.15) is 17.6 Å². The molecule has 3 aromatic rings. The fraction of sp³-hybridized carbons (Fsp3) is 0.269. The fourth-order valence-corrected chi connectivity index (χ4v) is 5.37. The van der Waals surface area contributed by atoms with E-state index in [0.29, 0.717) is 26.2 Å². The summed E-state index contributed by atoms with van der Waals surface area (Å²) in [5, 5.41) is 0. The van der Waals surface area contributed by atoms with Gasteiger partial charge in [0, 0.05) is 26.2 Å². The number of nitrogens with one attached hydrogen (secondary N) is 1. The van der Waals surface area contributed by atoms with Crippen LogP contribution < -0.4 is 14.4 Å². The molecular formula is C26H28FN3O4S. The molecule has 1 saturated heterocycles. The maximum absolute atomic E-state index is 13.5. The van der Waals surface area contributed by atoms with Crippen molar-refractivity contribution in [3.05, 3.63) is 90.2 Å². The Morgan fingerprint density at radius 2 is 1.57 bits per heavy atom. The number of carbonyl (C=O) groups excluding carboxylic acids is 1. The highest BCUT2D eigenvalue weighted by molar-refractivity contribution is 7.89. The summed E-state index contributed by atoms with van der Waals surface area (Å²) < 4.78 is 47.4. The zero-order chi connectivity index (χ0) is 24.8. The summed E-state index contributed by atoms with van der Waals surface area (Å²) >= 11 is 0. The molecule has 1 heterocycles. The number of nitrogens with zero attached hydrogens (tertiary/aromatic N) is 2. The highest BCUT2D eigenvalue weighted by atomic mass is 32.2. The summed E-state index contributed by atoms with van der Waals surface area (Å²) in [5.74, 6) is -0.0608. The van der Waals surface area contributed by atoms with Crippen molar-refractivity contribution in [2.45, 2.75) is 17.4 Å². The van der Waals surface area contributed by atoms with Crippen LogP contribution in [0.2, 0.25) is 0 Å². The maximum Gasteiger partial charge on any atom is 0.241 e. The van der Waals surface area contributed by atoms with Gasteiger partial charge in [0.2, 0.25) is 15.9 Å². The van der Waals surface area contributed by atoms with E-state index in [4.69, 9.17) is 4.74 Å². The number of sulfonamides is 1. The lowest BCUT2D eigenvalue weighted by Crippen LogP contribution is -2.55. The minimum absolute atomic E-state index is 0.0919. The summed E-state index contributed by atoms with van der Waals surface area (Å²) in [6.45, 7) is 2.07. The first-order valence-corrected chi connectivity index (χ1v) is 12.8. The van der Waals surface area contributed by atoms with Crippen LogP contribution in [0, 0.1) is 5.82 Å². The third kappa shape index (κ3) is 5.98. The van der Waals surface area contributed by atoms with Gasteiger partial charge in [-0.3, -0.25) is 4.79 Å². The number of hydrogen-bond donors (Lipinski definition) is 1. The molecule has 1 aliphatic rings. The monoisotopic (exact) mass is 497 g/mol. The van der Waals surface area contributed by atoms with Crippen LogP contribution in [0.4, 0.5) is 10.1 Å². The van der Waals surface area contributed by atoms with Crippen LogP contribution in [0.25, 0.3) is 0 Å². The van der Waals surface area contributed by atoms with Gasteiger partial charge in [0.05, 0.1) is 17.7 Å². The highest BCUT2D eigenvalue weighted by Gasteiger charge is 2.32. The molecule has 0 bridgehead atoms. The second-order valence-corrected chi connectivity index (χ2v) is 10.0. The molecule has 0 aliphatic carbocycles. The molecule has 184 valence electrons. The molecule has 7 nitrogen and oxygen atoms in total. The molecule has 1 atom stereocenters. The number of para-hydroxylation sites is 2. The molecule has 0 saturated carbocycles. The van der Waals surface area contributed by atoms with Crippen LogP contribution in [0.1, 0.15) is 5.56 Å². The van der Waals surface area contributed by atoms with E-state index in [9.17, 15) is 17.6 Å². The number of anilines is 1. The van der Waals surface area contributed by atoms with Crippen LogP contribution in [0.3, 0.4) is 0 Å². The summed E-state index contributed by atoms with van der Waals surface area (Å²) in [6.07, 6.45) is 0.201. The number of benzene rings is 3. The number of ether oxygens (including phenoxy) is 1. The number of hydrogen-bond acceptors (Lipinski definition) is 5. The van der Waals surface area contributed by atoms with Crippen molar-refractivity contribution >= 4 is 21.6 Å². The number of piperazine rings is 1. The Bertz CT molecular complexity index is 1250. The molecule has 35 heavy (non-hydrogen) atoms. The van der Waals surface area contributed by atoms with Crippen molar-refractivity contribution in [1.29, 1.82) is 0 Å². The van der Waals surface area contributed by atoms with E-state index < -0.39 is 21.9 Å². The second kappa shape index (κ2) is 10.9. The summed E-state index contributed by atoms with van der Waals surface area (Å²) in [5.41, 5.74) is 1.79. The first-order chi connectivity index (χ1) is 16.9. The van der Waals surface area contributed by atoms with Crippen LogP contribution in [0.15, 0.2) is 83.8 Å². The summed E-state index contributed by atoms with van der Waals surface area (Å²) in [4.78, 5) is 17.3. The van der Waals surface area contributed by atoms with E-state index in [1.54, 1.807) is 12.0 Å². The number of carbonyl (C=O) groups is 1. The number of halogens is 1. The van der Waals surface area contributed by atoms with Crippen molar-refractivity contribution in [3.8, 4) is 5.75 Å². The third-order valence-electron chi connectivity index (χ3n) is 6.02. The normalized spacial score (nSPS) is 15.0. The van der Waals surface area contributed by atoms with Gasteiger partial charge in [0.25, 0.3) is 0 Å². The van der Waals surface area contributed by atoms with Crippen LogP contribution >= 0.6 is 0 Å². The Balaban J connectivity index is 1.51. The first-order valence-electron chi connectivity index (χ1n) is 11.4. The standard InChI is InChI=1S/C26H28FN3O4S/c1-34-25-10-6-5-9-24(25)29-15-17-30(18-16-29)26(31)23(19-20-7-3-2-4-8-20)28-35(32,33)22-13-11-21(27)12-14-22/h2-14,23,28H,15-19H2,1H3. The molecule has 3 aromatic carbocycles. The number of methoxy groups -OCH3 is 1. The van der Waals surface area contributed by atoms with Gasteiger partial charge in [-0.1, -0.05) is 42.5 Å². The second-order valence-electron chi connectivity index (χ2n) is 8.30. The van der Waals surface area contributed by atoms with Crippen molar-refractivity contribution in [2.24, 2.45) is 0 Å². The zero-order valence-corrected chi connectivity index (χ0v) is 20.2. The average Bonchev–Trinajstić information content (AvgIpc) is 2.88. The quantitative estimate of drug-likeness (QED) is 0.518. The van der Waals surface area contributed by atoms with Gasteiger partial charge in [-0.25, -0.2) is 12.8 Å². The van der Waals surface area contributed by atoms with Gasteiger partial charge in [0.15, 0.2) is 0 Å². The van der Waals surface area contributed by atoms with Crippen molar-refractivity contribution in [3.63, 3.8) is 0 Å². The van der Waals surface area contributed by atoms with Gasteiger partial charge in [-0.05, 0) is 48.4 Å². The largest absolute Gasteiger partial charge is 0.495 e. The van der Waals surface area contributed by atoms with Gasteiger partial charge < -0.3 is 14.5 Å². The lowest BCUT2D eigenvalue weighted by molar-refractivity contribution is -0.133. The molecule has 0 aromatic heterocycles. The van der Waals surface area contributed by atoms with E-state index in [0.717, 1.165) is 29.1 Å². The summed E-state index contributed by atoms with van der Waals surface area (Å²) in [6, 6.07) is 20.5. The van der Waals surface area contributed by atoms with Crippen LogP contribution in [-0.2, 0) is 21.2 Å². The van der Waals surface area contributed by atoms with E-state index in [1.165, 1.54) is 12.1 Å². The molecule has 1 fully saturated rings. The molecule has 0 spiro atoms. The van der Waals surface area contributed by atoms with Crippen molar-refractivity contribution < 1.29 is 22.3 Å². The minimum atomic E-state index is -4.03. The van der Waals surface area contributed by atoms with E-state index in [1.807, 2.05) is 54.6 Å².